The number of hydrogen-bond acceptors (Lipinski definition) is 8. The van der Waals surface area contributed by atoms with Gasteiger partial charge in [-0.3, -0.25) is 4.79 Å². The molecule has 0 atom stereocenters. The van der Waals surface area contributed by atoms with E-state index in [0.29, 0.717) is 37.8 Å². The average molecular weight is 583 g/mol. The van der Waals surface area contributed by atoms with Crippen molar-refractivity contribution >= 4 is 57.5 Å². The summed E-state index contributed by atoms with van der Waals surface area (Å²) in [5.41, 5.74) is 3.84. The minimum absolute atomic E-state index is 0.0301. The molecule has 1 fully saturated rings. The highest BCUT2D eigenvalue weighted by Crippen LogP contribution is 2.30. The van der Waals surface area contributed by atoms with Gasteiger partial charge in [-0.25, -0.2) is 19.2 Å². The Labute approximate surface area is 247 Å². The van der Waals surface area contributed by atoms with E-state index in [4.69, 9.17) is 20.1 Å². The number of rotatable bonds is 8. The number of nitrogens with zero attached hydrogens (tertiary/aromatic N) is 3. The van der Waals surface area contributed by atoms with Gasteiger partial charge in [0.1, 0.15) is 11.6 Å². The largest absolute Gasteiger partial charge is 0.393 e. The zero-order valence-electron chi connectivity index (χ0n) is 23.7. The number of benzene rings is 3. The van der Waals surface area contributed by atoms with Crippen LogP contribution >= 0.6 is 0 Å². The first-order valence-electron chi connectivity index (χ1n) is 13.6. The molecule has 5 N–H and O–H groups in total. The van der Waals surface area contributed by atoms with Crippen LogP contribution in [0.3, 0.4) is 0 Å². The summed E-state index contributed by atoms with van der Waals surface area (Å²) in [7, 11) is 1.79. The van der Waals surface area contributed by atoms with Crippen LogP contribution in [0.25, 0.3) is 27.9 Å². The van der Waals surface area contributed by atoms with E-state index in [0.717, 1.165) is 39.5 Å². The van der Waals surface area contributed by atoms with E-state index in [1.54, 1.807) is 25.4 Å². The van der Waals surface area contributed by atoms with Crippen molar-refractivity contribution in [3.8, 4) is 11.4 Å². The molecule has 5 rings (SSSR count). The molecule has 4 aromatic rings. The lowest BCUT2D eigenvalue weighted by Gasteiger charge is -2.29. The van der Waals surface area contributed by atoms with Crippen molar-refractivity contribution in [3.63, 3.8) is 0 Å². The number of allylic oxidation sites excluding steroid dienone is 1. The highest BCUT2D eigenvalue weighted by molar-refractivity contribution is 6.09. The number of amides is 3. The Morgan fingerprint density at radius 2 is 1.67 bits per heavy atom. The molecule has 12 heteroatoms. The Morgan fingerprint density at radius 1 is 0.953 bits per heavy atom. The molecule has 0 radical (unpaired) electrons. The predicted molar refractivity (Wildman–Crippen MR) is 167 cm³/mol. The molecular formula is C31H31FN8O3. The van der Waals surface area contributed by atoms with E-state index >= 15 is 0 Å². The number of carbonyl (C=O) groups excluding carboxylic acids is 2. The van der Waals surface area contributed by atoms with Gasteiger partial charge in [0.15, 0.2) is 5.82 Å². The smallest absolute Gasteiger partial charge is 0.323 e. The fourth-order valence-electron chi connectivity index (χ4n) is 4.68. The van der Waals surface area contributed by atoms with Crippen LogP contribution in [-0.2, 0) is 9.53 Å². The van der Waals surface area contributed by atoms with Crippen molar-refractivity contribution < 1.29 is 18.7 Å². The van der Waals surface area contributed by atoms with Crippen molar-refractivity contribution in [1.82, 2.24) is 15.3 Å². The maximum absolute atomic E-state index is 14.2. The third-order valence-corrected chi connectivity index (χ3v) is 6.71. The van der Waals surface area contributed by atoms with Gasteiger partial charge in [0, 0.05) is 67.4 Å². The van der Waals surface area contributed by atoms with Crippen LogP contribution in [0.1, 0.15) is 12.5 Å². The van der Waals surface area contributed by atoms with Crippen LogP contribution in [0.4, 0.5) is 32.1 Å². The summed E-state index contributed by atoms with van der Waals surface area (Å²) < 4.78 is 19.8. The molecule has 0 saturated carbocycles. The molecule has 3 aromatic carbocycles. The molecule has 0 bridgehead atoms. The van der Waals surface area contributed by atoms with Crippen LogP contribution in [-0.4, -0.2) is 61.5 Å². The second-order valence-corrected chi connectivity index (χ2v) is 9.77. The van der Waals surface area contributed by atoms with Crippen molar-refractivity contribution in [2.45, 2.75) is 6.92 Å². The molecule has 2 heterocycles. The van der Waals surface area contributed by atoms with Crippen LogP contribution < -0.4 is 26.2 Å². The Hall–Kier alpha value is -5.36. The van der Waals surface area contributed by atoms with Crippen molar-refractivity contribution in [2.75, 3.05) is 54.2 Å². The van der Waals surface area contributed by atoms with E-state index < -0.39 is 17.8 Å². The number of morpholine rings is 1. The van der Waals surface area contributed by atoms with Crippen LogP contribution in [0.5, 0.6) is 0 Å². The van der Waals surface area contributed by atoms with E-state index in [1.807, 2.05) is 30.3 Å². The molecule has 43 heavy (non-hydrogen) atoms. The number of nitrogens with one attached hydrogen (secondary N) is 5. The van der Waals surface area contributed by atoms with E-state index in [9.17, 15) is 14.0 Å². The first kappa shape index (κ1) is 29.1. The summed E-state index contributed by atoms with van der Waals surface area (Å²) in [5, 5.41) is 19.4. The highest BCUT2D eigenvalue weighted by atomic mass is 19.1. The van der Waals surface area contributed by atoms with Crippen molar-refractivity contribution in [2.24, 2.45) is 0 Å². The zero-order valence-corrected chi connectivity index (χ0v) is 23.7. The molecule has 11 nitrogen and oxygen atoms in total. The summed E-state index contributed by atoms with van der Waals surface area (Å²) in [6.45, 7) is 3.91. The molecule has 0 aliphatic carbocycles. The van der Waals surface area contributed by atoms with Gasteiger partial charge in [0.2, 0.25) is 5.91 Å². The molecular weight excluding hydrogens is 551 g/mol. The number of hydrogen-bond donors (Lipinski definition) is 5. The fraction of sp³-hybridized carbons (Fsp3) is 0.194. The first-order valence-corrected chi connectivity index (χ1v) is 13.6. The maximum Gasteiger partial charge on any atom is 0.323 e. The van der Waals surface area contributed by atoms with Crippen LogP contribution in [0.2, 0.25) is 0 Å². The second-order valence-electron chi connectivity index (χ2n) is 9.77. The molecule has 220 valence electrons. The Kier molecular flexibility index (Phi) is 8.87. The molecule has 1 aliphatic rings. The summed E-state index contributed by atoms with van der Waals surface area (Å²) in [6.07, 6.45) is 3.06. The number of carbonyl (C=O) groups is 2. The molecule has 1 aliphatic heterocycles. The van der Waals surface area contributed by atoms with E-state index in [2.05, 4.69) is 26.2 Å². The van der Waals surface area contributed by atoms with Crippen LogP contribution in [0, 0.1) is 11.2 Å². The standard InChI is InChI=1S/C31H31FN8O3/c1-19(41)35-27-10-8-24(16-26(27)32)37-31(42)36-23-6-3-20(4-7-23)29-38-28-15-21(22(17-33)18-34-2)5-9-25(28)30(39-29)40-11-13-43-14-12-40/h3-10,15-18,33-34H,11-14H2,1-2H3,(H,35,41)(H2,36,37,42)/b22-18+,33-17?. The molecule has 0 spiro atoms. The Morgan fingerprint density at radius 3 is 2.35 bits per heavy atom. The van der Waals surface area contributed by atoms with Gasteiger partial charge in [-0.05, 0) is 60.2 Å². The first-order chi connectivity index (χ1) is 20.8. The average Bonchev–Trinajstić information content (AvgIpc) is 3.01. The number of urea groups is 1. The van der Waals surface area contributed by atoms with Gasteiger partial charge >= 0.3 is 6.03 Å². The Balaban J connectivity index is 1.39. The summed E-state index contributed by atoms with van der Waals surface area (Å²) in [5.74, 6) is 0.270. The van der Waals surface area contributed by atoms with E-state index in [-0.39, 0.29) is 11.4 Å². The summed E-state index contributed by atoms with van der Waals surface area (Å²) in [4.78, 5) is 35.7. The lowest BCUT2D eigenvalue weighted by molar-refractivity contribution is -0.114. The zero-order chi connectivity index (χ0) is 30.3. The maximum atomic E-state index is 14.2. The van der Waals surface area contributed by atoms with Crippen LogP contribution in [0.15, 0.2) is 66.9 Å². The molecule has 0 unspecified atom stereocenters. The van der Waals surface area contributed by atoms with Gasteiger partial charge in [0.25, 0.3) is 0 Å². The lowest BCUT2D eigenvalue weighted by atomic mass is 10.0. The minimum Gasteiger partial charge on any atom is -0.393 e. The number of anilines is 4. The Bertz CT molecular complexity index is 1700. The second kappa shape index (κ2) is 13.1. The van der Waals surface area contributed by atoms with Gasteiger partial charge in [-0.2, -0.15) is 0 Å². The quantitative estimate of drug-likeness (QED) is 0.182. The molecule has 1 saturated heterocycles. The highest BCUT2D eigenvalue weighted by Gasteiger charge is 2.19. The van der Waals surface area contributed by atoms with Gasteiger partial charge in [-0.1, -0.05) is 6.07 Å². The van der Waals surface area contributed by atoms with Crippen molar-refractivity contribution in [1.29, 1.82) is 5.41 Å². The normalized spacial score (nSPS) is 13.4. The monoisotopic (exact) mass is 582 g/mol. The third kappa shape index (κ3) is 6.93. The summed E-state index contributed by atoms with van der Waals surface area (Å²) >= 11 is 0. The van der Waals surface area contributed by atoms with Crippen molar-refractivity contribution in [3.05, 3.63) is 78.2 Å². The lowest BCUT2D eigenvalue weighted by Crippen LogP contribution is -2.37. The third-order valence-electron chi connectivity index (χ3n) is 6.71. The van der Waals surface area contributed by atoms with Gasteiger partial charge < -0.3 is 36.3 Å². The topological polar surface area (TPSA) is 144 Å². The van der Waals surface area contributed by atoms with Gasteiger partial charge in [0.05, 0.1) is 24.4 Å². The number of aromatic nitrogens is 2. The number of ether oxygens (including phenoxy) is 1. The predicted octanol–water partition coefficient (Wildman–Crippen LogP) is 5.08. The number of fused-ring (bicyclic) bond motifs is 1. The minimum atomic E-state index is -0.664. The van der Waals surface area contributed by atoms with E-state index in [1.165, 1.54) is 25.3 Å². The number of halogens is 1. The fourth-order valence-corrected chi connectivity index (χ4v) is 4.68. The SMILES string of the molecule is CN/C=C(\C=N)c1ccc2c(N3CCOCC3)nc(-c3ccc(NC(=O)Nc4ccc(NC(C)=O)c(F)c4)cc3)nc2c1. The molecule has 1 aromatic heterocycles. The van der Waals surface area contributed by atoms with Gasteiger partial charge in [-0.15, -0.1) is 0 Å². The summed E-state index contributed by atoms with van der Waals surface area (Å²) in [6, 6.07) is 16.4. The molecule has 3 amide bonds.